The van der Waals surface area contributed by atoms with Gasteiger partial charge in [0.25, 0.3) is 0 Å². The average molecular weight is 465 g/mol. The number of rotatable bonds is 7. The van der Waals surface area contributed by atoms with E-state index in [4.69, 9.17) is 4.74 Å². The summed E-state index contributed by atoms with van der Waals surface area (Å²) in [5, 5.41) is 12.6. The third-order valence-corrected chi connectivity index (χ3v) is 6.81. The summed E-state index contributed by atoms with van der Waals surface area (Å²) in [6.45, 7) is 5.09. The van der Waals surface area contributed by atoms with Gasteiger partial charge in [-0.2, -0.15) is 0 Å². The maximum atomic E-state index is 12.7. The average Bonchev–Trinajstić information content (AvgIpc) is 3.55. The highest BCUT2D eigenvalue weighted by atomic mass is 32.2. The number of hydrogen-bond acceptors (Lipinski definition) is 7. The van der Waals surface area contributed by atoms with E-state index in [0.29, 0.717) is 18.4 Å². The Labute approximate surface area is 197 Å². The lowest BCUT2D eigenvalue weighted by Gasteiger charge is -2.27. The summed E-state index contributed by atoms with van der Waals surface area (Å²) in [4.78, 5) is 17.2. The summed E-state index contributed by atoms with van der Waals surface area (Å²) in [7, 11) is 0. The summed E-state index contributed by atoms with van der Waals surface area (Å²) >= 11 is 1.39. The zero-order valence-corrected chi connectivity index (χ0v) is 19.3. The van der Waals surface area contributed by atoms with Gasteiger partial charge in [-0.25, -0.2) is 0 Å². The Balaban J connectivity index is 1.26. The summed E-state index contributed by atoms with van der Waals surface area (Å²) in [6, 6.07) is 18.1. The lowest BCUT2D eigenvalue weighted by atomic mass is 10.2. The zero-order valence-electron chi connectivity index (χ0n) is 18.5. The first-order valence-corrected chi connectivity index (χ1v) is 12.4. The number of ether oxygens (including phenoxy) is 1. The van der Waals surface area contributed by atoms with Crippen molar-refractivity contribution in [2.75, 3.05) is 60.3 Å². The first kappa shape index (κ1) is 21.8. The predicted octanol–water partition coefficient (Wildman–Crippen LogP) is 3.43. The smallest absolute Gasteiger partial charge is 0.234 e. The molecule has 33 heavy (non-hydrogen) atoms. The molecule has 2 saturated heterocycles. The Bertz CT molecular complexity index is 1060. The van der Waals surface area contributed by atoms with Crippen molar-refractivity contribution < 1.29 is 9.53 Å². The molecule has 3 aromatic rings. The number of hydrogen-bond donors (Lipinski definition) is 1. The van der Waals surface area contributed by atoms with Crippen LogP contribution in [0.5, 0.6) is 0 Å². The van der Waals surface area contributed by atoms with Gasteiger partial charge < -0.3 is 19.9 Å². The van der Waals surface area contributed by atoms with Gasteiger partial charge in [0, 0.05) is 37.6 Å². The summed E-state index contributed by atoms with van der Waals surface area (Å²) in [5.41, 5.74) is 3.00. The van der Waals surface area contributed by atoms with Crippen LogP contribution in [0.15, 0.2) is 59.8 Å². The first-order valence-electron chi connectivity index (χ1n) is 11.4. The van der Waals surface area contributed by atoms with Gasteiger partial charge in [0.05, 0.1) is 24.7 Å². The van der Waals surface area contributed by atoms with Crippen LogP contribution in [0.25, 0.3) is 5.69 Å². The minimum Gasteiger partial charge on any atom is -0.378 e. The molecule has 8 nitrogen and oxygen atoms in total. The van der Waals surface area contributed by atoms with Crippen molar-refractivity contribution >= 4 is 35.0 Å². The first-order chi connectivity index (χ1) is 16.3. The van der Waals surface area contributed by atoms with Crippen LogP contribution in [-0.4, -0.2) is 65.8 Å². The molecule has 172 valence electrons. The molecule has 0 bridgehead atoms. The van der Waals surface area contributed by atoms with Gasteiger partial charge in [0.1, 0.15) is 0 Å². The second kappa shape index (κ2) is 10.3. The van der Waals surface area contributed by atoms with Crippen molar-refractivity contribution in [3.05, 3.63) is 54.6 Å². The number of para-hydroxylation sites is 1. The van der Waals surface area contributed by atoms with Crippen LogP contribution >= 0.6 is 11.8 Å². The molecule has 0 aliphatic carbocycles. The topological polar surface area (TPSA) is 75.5 Å². The van der Waals surface area contributed by atoms with Crippen LogP contribution in [0.2, 0.25) is 0 Å². The molecule has 2 aromatic carbocycles. The van der Waals surface area contributed by atoms with Crippen LogP contribution in [0.1, 0.15) is 12.8 Å². The molecule has 1 amide bonds. The predicted molar refractivity (Wildman–Crippen MR) is 132 cm³/mol. The van der Waals surface area contributed by atoms with E-state index >= 15 is 0 Å². The van der Waals surface area contributed by atoms with E-state index in [9.17, 15) is 4.79 Å². The quantitative estimate of drug-likeness (QED) is 0.537. The van der Waals surface area contributed by atoms with Gasteiger partial charge in [-0.05, 0) is 49.2 Å². The lowest BCUT2D eigenvalue weighted by molar-refractivity contribution is -0.113. The van der Waals surface area contributed by atoms with E-state index in [2.05, 4.69) is 37.4 Å². The molecule has 0 radical (unpaired) electrons. The molecule has 0 saturated carbocycles. The van der Waals surface area contributed by atoms with Gasteiger partial charge >= 0.3 is 0 Å². The van der Waals surface area contributed by atoms with Crippen LogP contribution in [0.4, 0.5) is 17.3 Å². The number of amides is 1. The number of aromatic nitrogens is 3. The second-order valence-electron chi connectivity index (χ2n) is 8.13. The number of nitrogens with one attached hydrogen (secondary N) is 1. The van der Waals surface area contributed by atoms with E-state index in [1.165, 1.54) is 30.3 Å². The fraction of sp³-hybridized carbons (Fsp3) is 0.375. The Morgan fingerprint density at radius 1 is 0.879 bits per heavy atom. The monoisotopic (exact) mass is 464 g/mol. The largest absolute Gasteiger partial charge is 0.378 e. The molecule has 0 atom stereocenters. The van der Waals surface area contributed by atoms with E-state index in [-0.39, 0.29) is 11.7 Å². The minimum absolute atomic E-state index is 0.0653. The molecule has 2 fully saturated rings. The van der Waals surface area contributed by atoms with E-state index < -0.39 is 0 Å². The van der Waals surface area contributed by atoms with Crippen molar-refractivity contribution in [1.29, 1.82) is 0 Å². The van der Waals surface area contributed by atoms with Gasteiger partial charge in [-0.15, -0.1) is 10.2 Å². The highest BCUT2D eigenvalue weighted by Gasteiger charge is 2.22. The Morgan fingerprint density at radius 3 is 2.33 bits per heavy atom. The van der Waals surface area contributed by atoms with Crippen LogP contribution < -0.4 is 15.1 Å². The van der Waals surface area contributed by atoms with Crippen LogP contribution in [-0.2, 0) is 9.53 Å². The number of benzene rings is 2. The van der Waals surface area contributed by atoms with E-state index in [1.54, 1.807) is 0 Å². The van der Waals surface area contributed by atoms with Crippen molar-refractivity contribution in [2.45, 2.75) is 18.0 Å². The number of nitrogens with zero attached hydrogens (tertiary/aromatic N) is 5. The van der Waals surface area contributed by atoms with Crippen molar-refractivity contribution in [3.8, 4) is 5.69 Å². The normalized spacial score (nSPS) is 16.2. The van der Waals surface area contributed by atoms with Crippen molar-refractivity contribution in [3.63, 3.8) is 0 Å². The maximum absolute atomic E-state index is 12.7. The number of carbonyl (C=O) groups is 1. The molecule has 1 N–H and O–H groups in total. The van der Waals surface area contributed by atoms with Gasteiger partial charge in [-0.1, -0.05) is 30.0 Å². The van der Waals surface area contributed by atoms with Crippen molar-refractivity contribution in [2.24, 2.45) is 0 Å². The van der Waals surface area contributed by atoms with Gasteiger partial charge in [-0.3, -0.25) is 9.36 Å². The third-order valence-electron chi connectivity index (χ3n) is 5.88. The van der Waals surface area contributed by atoms with Crippen LogP contribution in [0, 0.1) is 0 Å². The number of carbonyl (C=O) groups excluding carboxylic acids is 1. The SMILES string of the molecule is O=C(CSc1nnc(N2CCOCC2)n1-c1ccccc1)Nc1ccc(N2CCCC2)cc1. The molecule has 2 aliphatic rings. The van der Waals surface area contributed by atoms with E-state index in [0.717, 1.165) is 43.5 Å². The number of thioether (sulfide) groups is 1. The number of morpholine rings is 1. The Morgan fingerprint density at radius 2 is 1.61 bits per heavy atom. The molecule has 9 heteroatoms. The molecule has 3 heterocycles. The highest BCUT2D eigenvalue weighted by Crippen LogP contribution is 2.27. The molecule has 0 unspecified atom stereocenters. The summed E-state index contributed by atoms with van der Waals surface area (Å²) in [5.74, 6) is 0.969. The fourth-order valence-electron chi connectivity index (χ4n) is 4.18. The molecule has 0 spiro atoms. The summed E-state index contributed by atoms with van der Waals surface area (Å²) in [6.07, 6.45) is 2.49. The van der Waals surface area contributed by atoms with Crippen LogP contribution in [0.3, 0.4) is 0 Å². The molecular weight excluding hydrogens is 436 g/mol. The second-order valence-corrected chi connectivity index (χ2v) is 9.07. The molecule has 2 aliphatic heterocycles. The minimum atomic E-state index is -0.0653. The molecule has 5 rings (SSSR count). The standard InChI is InChI=1S/C24H28N6O2S/c31-22(25-19-8-10-20(11-9-19)28-12-4-5-13-28)18-33-24-27-26-23(29-14-16-32-17-15-29)30(24)21-6-2-1-3-7-21/h1-3,6-11H,4-5,12-18H2,(H,25,31). The van der Waals surface area contributed by atoms with Gasteiger partial charge in [0.15, 0.2) is 5.16 Å². The molecular formula is C24H28N6O2S. The molecule has 1 aromatic heterocycles. The third kappa shape index (κ3) is 5.15. The highest BCUT2D eigenvalue weighted by molar-refractivity contribution is 7.99. The summed E-state index contributed by atoms with van der Waals surface area (Å²) < 4.78 is 7.51. The fourth-order valence-corrected chi connectivity index (χ4v) is 4.93. The number of anilines is 3. The Hall–Kier alpha value is -3.04. The lowest BCUT2D eigenvalue weighted by Crippen LogP contribution is -2.37. The van der Waals surface area contributed by atoms with Crippen molar-refractivity contribution in [1.82, 2.24) is 14.8 Å². The Kier molecular flexibility index (Phi) is 6.78. The maximum Gasteiger partial charge on any atom is 0.234 e. The van der Waals surface area contributed by atoms with E-state index in [1.807, 2.05) is 47.0 Å². The van der Waals surface area contributed by atoms with Gasteiger partial charge in [0.2, 0.25) is 11.9 Å². The zero-order chi connectivity index (χ0) is 22.5.